The second-order valence-electron chi connectivity index (χ2n) is 8.60. The zero-order valence-corrected chi connectivity index (χ0v) is 23.8. The van der Waals surface area contributed by atoms with Crippen LogP contribution in [-0.2, 0) is 21.1 Å². The maximum atomic E-state index is 14.6. The van der Waals surface area contributed by atoms with Gasteiger partial charge in [-0.05, 0) is 48.5 Å². The van der Waals surface area contributed by atoms with Crippen molar-refractivity contribution >= 4 is 30.1 Å². The summed E-state index contributed by atoms with van der Waals surface area (Å²) in [4.78, 5) is 25.8. The molecule has 41 heavy (non-hydrogen) atoms. The highest BCUT2D eigenvalue weighted by atomic mass is 35.5. The number of halogens is 3. The van der Waals surface area contributed by atoms with Crippen molar-refractivity contribution in [1.82, 2.24) is 9.55 Å². The third-order valence-corrected chi connectivity index (χ3v) is 8.37. The van der Waals surface area contributed by atoms with Crippen molar-refractivity contribution in [1.29, 1.82) is 0 Å². The number of H-pyrrole nitrogens is 1. The van der Waals surface area contributed by atoms with E-state index >= 15 is 0 Å². The molecule has 12 nitrogen and oxygen atoms in total. The molecule has 1 aromatic heterocycles. The van der Waals surface area contributed by atoms with Gasteiger partial charge >= 0.3 is 12.4 Å². The molecule has 1 fully saturated rings. The highest BCUT2D eigenvalue weighted by molar-refractivity contribution is 8.07. The molecule has 0 saturated carbocycles. The molecule has 1 aliphatic heterocycles. The molecular weight excluding hydrogens is 613 g/mol. The lowest BCUT2D eigenvalue weighted by Gasteiger charge is -2.33. The molecule has 0 aliphatic carbocycles. The Morgan fingerprint density at radius 2 is 1.51 bits per heavy atom. The fraction of sp³-hybridized carbons (Fsp3) is 0.333. The van der Waals surface area contributed by atoms with Crippen molar-refractivity contribution in [3.8, 4) is 23.0 Å². The molecular formula is C24H24ClF2N2O10PS. The number of nitrogens with one attached hydrogen (secondary N) is 1. The number of rotatable bonds is 11. The number of ether oxygens (including phenoxy) is 3. The number of alkyl halides is 2. The van der Waals surface area contributed by atoms with Crippen LogP contribution in [0.3, 0.4) is 0 Å². The van der Waals surface area contributed by atoms with Gasteiger partial charge in [-0.2, -0.15) is 0 Å². The summed E-state index contributed by atoms with van der Waals surface area (Å²) in [5.74, 6) is 1.29. The molecule has 3 aromatic rings. The summed E-state index contributed by atoms with van der Waals surface area (Å²) in [6.07, 6.45) is -8.94. The number of hydrogen-bond donors (Lipinski definition) is 3. The predicted octanol–water partition coefficient (Wildman–Crippen LogP) is 2.86. The first-order valence-corrected chi connectivity index (χ1v) is 14.6. The van der Waals surface area contributed by atoms with Crippen LogP contribution in [0.4, 0.5) is 8.78 Å². The van der Waals surface area contributed by atoms with E-state index in [2.05, 4.69) is 0 Å². The van der Waals surface area contributed by atoms with Crippen molar-refractivity contribution in [3.05, 3.63) is 80.6 Å². The van der Waals surface area contributed by atoms with E-state index in [9.17, 15) is 28.6 Å². The van der Waals surface area contributed by atoms with Crippen LogP contribution < -0.4 is 29.8 Å². The van der Waals surface area contributed by atoms with Crippen molar-refractivity contribution in [2.75, 3.05) is 20.8 Å². The molecule has 0 amide bonds. The van der Waals surface area contributed by atoms with Gasteiger partial charge in [0, 0.05) is 18.0 Å². The van der Waals surface area contributed by atoms with Gasteiger partial charge < -0.3 is 33.5 Å². The minimum atomic E-state index is -4.00. The summed E-state index contributed by atoms with van der Waals surface area (Å²) < 4.78 is 62.6. The van der Waals surface area contributed by atoms with E-state index in [0.29, 0.717) is 16.1 Å². The molecule has 0 bridgehead atoms. The summed E-state index contributed by atoms with van der Waals surface area (Å²) in [6.45, 7) is -5.14. The largest absolute Gasteiger partial charge is 0.497 e. The second-order valence-corrected chi connectivity index (χ2v) is 11.9. The molecule has 0 radical (unpaired) electrons. The van der Waals surface area contributed by atoms with Gasteiger partial charge in [0.2, 0.25) is 0 Å². The summed E-state index contributed by atoms with van der Waals surface area (Å²) in [7, 11) is 2.92. The lowest BCUT2D eigenvalue weighted by molar-refractivity contribution is -0.192. The quantitative estimate of drug-likeness (QED) is 0.267. The smallest absolute Gasteiger partial charge is 0.435 e. The van der Waals surface area contributed by atoms with Gasteiger partial charge in [-0.3, -0.25) is 18.9 Å². The van der Waals surface area contributed by atoms with Crippen LogP contribution in [0.25, 0.3) is 0 Å². The molecule has 17 heteroatoms. The number of aliphatic hydroxyl groups is 2. The monoisotopic (exact) mass is 636 g/mol. The third-order valence-electron chi connectivity index (χ3n) is 6.03. The Balaban J connectivity index is 1.65. The number of hydrogen-bond acceptors (Lipinski definition) is 11. The van der Waals surface area contributed by atoms with Crippen molar-refractivity contribution < 1.29 is 46.8 Å². The van der Waals surface area contributed by atoms with E-state index in [4.69, 9.17) is 51.2 Å². The Morgan fingerprint density at radius 1 is 1.02 bits per heavy atom. The van der Waals surface area contributed by atoms with Crippen molar-refractivity contribution in [2.45, 2.75) is 30.5 Å². The Bertz CT molecular complexity index is 1470. The zero-order chi connectivity index (χ0) is 29.9. The Morgan fingerprint density at radius 3 is 1.98 bits per heavy atom. The zero-order valence-electron chi connectivity index (χ0n) is 21.3. The fourth-order valence-electron chi connectivity index (χ4n) is 3.83. The lowest BCUT2D eigenvalue weighted by Crippen LogP contribution is -2.52. The lowest BCUT2D eigenvalue weighted by atomic mass is 9.96. The highest BCUT2D eigenvalue weighted by Gasteiger charge is 2.61. The Hall–Kier alpha value is -3.04. The summed E-state index contributed by atoms with van der Waals surface area (Å²) >= 11 is 11.3. The number of aromatic amines is 1. The molecule has 2 unspecified atom stereocenters. The van der Waals surface area contributed by atoms with Crippen LogP contribution >= 0.6 is 18.3 Å². The Kier molecular flexibility index (Phi) is 9.39. The van der Waals surface area contributed by atoms with Crippen LogP contribution in [0, 0.1) is 0 Å². The highest BCUT2D eigenvalue weighted by Crippen LogP contribution is 2.53. The minimum absolute atomic E-state index is 0.147. The molecule has 2 heterocycles. The third kappa shape index (κ3) is 6.56. The van der Waals surface area contributed by atoms with E-state index in [0.717, 1.165) is 6.20 Å². The molecule has 3 N–H and O–H groups in total. The summed E-state index contributed by atoms with van der Waals surface area (Å²) in [5.41, 5.74) is -4.99. The molecule has 4 rings (SSSR count). The van der Waals surface area contributed by atoms with Gasteiger partial charge in [0.15, 0.2) is 11.8 Å². The number of methoxy groups -OCH3 is 2. The topological polar surface area (TPSA) is 151 Å². The van der Waals surface area contributed by atoms with E-state index in [1.807, 2.05) is 4.98 Å². The maximum Gasteiger partial charge on any atom is 0.435 e. The first kappa shape index (κ1) is 30.9. The van der Waals surface area contributed by atoms with E-state index in [-0.39, 0.29) is 11.5 Å². The van der Waals surface area contributed by atoms with Gasteiger partial charge in [-0.15, -0.1) is 0 Å². The molecule has 0 spiro atoms. The second kappa shape index (κ2) is 12.4. The van der Waals surface area contributed by atoms with Gasteiger partial charge in [-0.25, -0.2) is 13.6 Å². The first-order chi connectivity index (χ1) is 19.4. The van der Waals surface area contributed by atoms with Crippen LogP contribution in [0.5, 0.6) is 23.0 Å². The van der Waals surface area contributed by atoms with Crippen LogP contribution in [0.2, 0.25) is 5.02 Å². The molecule has 222 valence electrons. The van der Waals surface area contributed by atoms with Crippen LogP contribution in [0.15, 0.2) is 64.3 Å². The first-order valence-electron chi connectivity index (χ1n) is 11.7. The number of aromatic nitrogens is 2. The van der Waals surface area contributed by atoms with Gasteiger partial charge in [0.25, 0.3) is 12.0 Å². The SMILES string of the molecule is COc1ccc(OP(=S)(OC[C@]2(C(F)F)O[C@H](n3cc(Cl)c(=O)[nH]c3=O)C(O)C2O)Oc2ccc(OC)cc2)cc1. The average Bonchev–Trinajstić information content (AvgIpc) is 3.21. The number of nitrogens with zero attached hydrogens (tertiary/aromatic N) is 1. The molecule has 1 aliphatic rings. The van der Waals surface area contributed by atoms with E-state index in [1.54, 1.807) is 24.3 Å². The Labute approximate surface area is 241 Å². The number of benzene rings is 2. The van der Waals surface area contributed by atoms with E-state index < -0.39 is 60.1 Å². The normalized spacial score (nSPS) is 22.5. The molecule has 1 saturated heterocycles. The van der Waals surface area contributed by atoms with Gasteiger partial charge in [0.1, 0.15) is 40.2 Å². The average molecular weight is 637 g/mol. The molecule has 2 aromatic carbocycles. The standard InChI is InChI=1S/C24H24ClF2N2O10PS/c1-34-13-3-7-15(8-4-13)38-40(41,39-16-9-5-14(35-2)6-10-16)36-12-24(22(26)27)19(31)18(30)21(37-24)29-11-17(25)20(32)28-23(29)33/h3-11,18-19,21-22,30-31H,12H2,1-2H3,(H,28,32,33)/t18?,19?,21-,24-/m0/s1. The number of aliphatic hydroxyl groups excluding tert-OH is 2. The molecule has 4 atom stereocenters. The minimum Gasteiger partial charge on any atom is -0.497 e. The summed E-state index contributed by atoms with van der Waals surface area (Å²) in [6, 6.07) is 12.2. The van der Waals surface area contributed by atoms with E-state index in [1.165, 1.54) is 38.5 Å². The predicted molar refractivity (Wildman–Crippen MR) is 145 cm³/mol. The van der Waals surface area contributed by atoms with Crippen molar-refractivity contribution in [3.63, 3.8) is 0 Å². The van der Waals surface area contributed by atoms with Gasteiger partial charge in [-0.1, -0.05) is 11.6 Å². The fourth-order valence-corrected chi connectivity index (χ4v) is 5.92. The summed E-state index contributed by atoms with van der Waals surface area (Å²) in [5, 5.41) is 20.9. The van der Waals surface area contributed by atoms with Crippen molar-refractivity contribution in [2.24, 2.45) is 0 Å². The van der Waals surface area contributed by atoms with Crippen LogP contribution in [0.1, 0.15) is 6.23 Å². The maximum absolute atomic E-state index is 14.6. The van der Waals surface area contributed by atoms with Gasteiger partial charge in [0.05, 0.1) is 20.8 Å². The van der Waals surface area contributed by atoms with Crippen LogP contribution in [-0.4, -0.2) is 64.8 Å².